The monoisotopic (exact) mass is 645 g/mol. The highest BCUT2D eigenvalue weighted by atomic mass is 19.4. The van der Waals surface area contributed by atoms with Crippen molar-refractivity contribution in [2.45, 2.75) is 50.0 Å². The van der Waals surface area contributed by atoms with Crippen LogP contribution in [0.2, 0.25) is 0 Å². The molecule has 0 bridgehead atoms. The van der Waals surface area contributed by atoms with E-state index in [1.54, 1.807) is 91.0 Å². The van der Waals surface area contributed by atoms with Gasteiger partial charge >= 0.3 is 18.4 Å². The van der Waals surface area contributed by atoms with Gasteiger partial charge in [-0.25, -0.2) is 4.79 Å². The summed E-state index contributed by atoms with van der Waals surface area (Å²) in [6, 6.07) is 26.6. The average Bonchev–Trinajstić information content (AvgIpc) is 3.35. The van der Waals surface area contributed by atoms with Crippen LogP contribution in [0.15, 0.2) is 109 Å². The first-order valence-corrected chi connectivity index (χ1v) is 14.2. The average molecular weight is 646 g/mol. The lowest BCUT2D eigenvalue weighted by molar-refractivity contribution is -0.143. The molecule has 1 aliphatic rings. The number of hydrogen-bond acceptors (Lipinski definition) is 5. The van der Waals surface area contributed by atoms with Crippen LogP contribution in [-0.2, 0) is 38.7 Å². The van der Waals surface area contributed by atoms with Gasteiger partial charge in [-0.05, 0) is 41.8 Å². The third kappa shape index (κ3) is 6.88. The number of benzene rings is 4. The molecule has 1 unspecified atom stereocenters. The summed E-state index contributed by atoms with van der Waals surface area (Å²) in [5.41, 5.74) is -3.78. The molecule has 1 saturated heterocycles. The van der Waals surface area contributed by atoms with Crippen molar-refractivity contribution in [2.24, 2.45) is 0 Å². The van der Waals surface area contributed by atoms with Crippen molar-refractivity contribution < 1.29 is 50.5 Å². The molecule has 4 aromatic rings. The molecule has 1 N–H and O–H groups in total. The molecule has 4 atom stereocenters. The Kier molecular flexibility index (Phi) is 9.43. The van der Waals surface area contributed by atoms with Crippen LogP contribution in [0.5, 0.6) is 0 Å². The molecule has 1 aliphatic heterocycles. The van der Waals surface area contributed by atoms with Crippen LogP contribution in [0.25, 0.3) is 0 Å². The summed E-state index contributed by atoms with van der Waals surface area (Å²) in [4.78, 5) is 15.1. The predicted octanol–water partition coefficient (Wildman–Crippen LogP) is 8.38. The van der Waals surface area contributed by atoms with Crippen molar-refractivity contribution in [3.8, 4) is 0 Å². The molecular formula is C34H29F6NO5. The Bertz CT molecular complexity index is 1590. The minimum Gasteiger partial charge on any atom is -0.444 e. The lowest BCUT2D eigenvalue weighted by Crippen LogP contribution is -2.54. The van der Waals surface area contributed by atoms with Gasteiger partial charge in [0.1, 0.15) is 12.1 Å². The topological polar surface area (TPSA) is 68.2 Å². The van der Waals surface area contributed by atoms with Gasteiger partial charge in [0.15, 0.2) is 12.5 Å². The number of halogens is 6. The minimum atomic E-state index is -5.06. The summed E-state index contributed by atoms with van der Waals surface area (Å²) < 4.78 is 99.2. The molecule has 242 valence electrons. The van der Waals surface area contributed by atoms with Crippen molar-refractivity contribution >= 4 is 6.09 Å². The molecule has 0 saturated carbocycles. The largest absolute Gasteiger partial charge is 0.444 e. The molecule has 46 heavy (non-hydrogen) atoms. The summed E-state index contributed by atoms with van der Waals surface area (Å²) in [6.45, 7) is 0.546. The van der Waals surface area contributed by atoms with E-state index in [1.165, 1.54) is 6.92 Å². The zero-order valence-corrected chi connectivity index (χ0v) is 24.3. The summed E-state index contributed by atoms with van der Waals surface area (Å²) in [5, 5.41) is 11.6. The van der Waals surface area contributed by atoms with Crippen LogP contribution in [-0.4, -0.2) is 29.0 Å². The van der Waals surface area contributed by atoms with Crippen LogP contribution < -0.4 is 0 Å². The smallest absolute Gasteiger partial charge is 0.416 e. The Morgan fingerprint density at radius 3 is 1.91 bits per heavy atom. The number of hydrogen-bond donors (Lipinski definition) is 1. The van der Waals surface area contributed by atoms with E-state index < -0.39 is 65.9 Å². The SMILES string of the molecule is C[C@@H](OC[C@@]1(c2ccccc2)C(O)O[C@@H](c2ccccc2)N1C(=O)OCc1ccccc1)c1cc(C(F)(F)F)cc(C(F)(F)F)c1. The van der Waals surface area contributed by atoms with Gasteiger partial charge in [0.25, 0.3) is 0 Å². The molecule has 1 amide bonds. The van der Waals surface area contributed by atoms with Gasteiger partial charge in [-0.3, -0.25) is 4.90 Å². The number of carbonyl (C=O) groups excluding carboxylic acids is 1. The Morgan fingerprint density at radius 1 is 0.848 bits per heavy atom. The van der Waals surface area contributed by atoms with Gasteiger partial charge in [-0.1, -0.05) is 91.0 Å². The van der Waals surface area contributed by atoms with Gasteiger partial charge < -0.3 is 19.3 Å². The fraction of sp³-hybridized carbons (Fsp3) is 0.265. The van der Waals surface area contributed by atoms with Crippen molar-refractivity contribution in [2.75, 3.05) is 6.61 Å². The molecular weight excluding hydrogens is 616 g/mol. The second kappa shape index (κ2) is 13.1. The van der Waals surface area contributed by atoms with E-state index in [-0.39, 0.29) is 12.7 Å². The fourth-order valence-electron chi connectivity index (χ4n) is 5.31. The van der Waals surface area contributed by atoms with Crippen molar-refractivity contribution in [1.29, 1.82) is 0 Å². The number of nitrogens with zero attached hydrogens (tertiary/aromatic N) is 1. The quantitative estimate of drug-likeness (QED) is 0.195. The van der Waals surface area contributed by atoms with Gasteiger partial charge in [0, 0.05) is 5.56 Å². The Morgan fingerprint density at radius 2 is 1.37 bits per heavy atom. The summed E-state index contributed by atoms with van der Waals surface area (Å²) in [7, 11) is 0. The van der Waals surface area contributed by atoms with Crippen molar-refractivity contribution in [1.82, 2.24) is 4.90 Å². The lowest BCUT2D eigenvalue weighted by atomic mass is 9.88. The van der Waals surface area contributed by atoms with E-state index in [2.05, 4.69) is 0 Å². The highest BCUT2D eigenvalue weighted by molar-refractivity contribution is 5.70. The lowest BCUT2D eigenvalue weighted by Gasteiger charge is -2.40. The maximum Gasteiger partial charge on any atom is 0.416 e. The number of ether oxygens (including phenoxy) is 3. The predicted molar refractivity (Wildman–Crippen MR) is 154 cm³/mol. The highest BCUT2D eigenvalue weighted by Crippen LogP contribution is 2.48. The molecule has 1 heterocycles. The maximum absolute atomic E-state index is 14.0. The molecule has 5 rings (SSSR count). The van der Waals surface area contributed by atoms with Gasteiger partial charge in [0.2, 0.25) is 0 Å². The number of rotatable bonds is 8. The van der Waals surface area contributed by atoms with Crippen molar-refractivity contribution in [3.63, 3.8) is 0 Å². The number of alkyl halides is 6. The third-order valence-electron chi connectivity index (χ3n) is 7.72. The first-order valence-electron chi connectivity index (χ1n) is 14.2. The fourth-order valence-corrected chi connectivity index (χ4v) is 5.31. The van der Waals surface area contributed by atoms with Crippen LogP contribution in [0.4, 0.5) is 31.1 Å². The number of aliphatic hydroxyl groups excluding tert-OH is 1. The molecule has 4 aromatic carbocycles. The van der Waals surface area contributed by atoms with E-state index >= 15 is 0 Å². The molecule has 12 heteroatoms. The van der Waals surface area contributed by atoms with E-state index in [1.807, 2.05) is 0 Å². The normalized spacial score (nSPS) is 20.8. The molecule has 0 spiro atoms. The van der Waals surface area contributed by atoms with Crippen molar-refractivity contribution in [3.05, 3.63) is 143 Å². The van der Waals surface area contributed by atoms with E-state index in [9.17, 15) is 36.2 Å². The molecule has 6 nitrogen and oxygen atoms in total. The van der Waals surface area contributed by atoms with E-state index in [4.69, 9.17) is 14.2 Å². The van der Waals surface area contributed by atoms with E-state index in [0.717, 1.165) is 4.90 Å². The highest BCUT2D eigenvalue weighted by Gasteiger charge is 2.59. The Labute approximate surface area is 260 Å². The maximum atomic E-state index is 14.0. The van der Waals surface area contributed by atoms with Crippen LogP contribution in [0.1, 0.15) is 52.6 Å². The molecule has 1 fully saturated rings. The molecule has 0 aliphatic carbocycles. The number of carbonyl (C=O) groups is 1. The number of amides is 1. The van der Waals surface area contributed by atoms with Crippen LogP contribution >= 0.6 is 0 Å². The first kappa shape index (κ1) is 33.0. The second-order valence-corrected chi connectivity index (χ2v) is 10.7. The zero-order chi connectivity index (χ0) is 33.1. The first-order chi connectivity index (χ1) is 21.8. The van der Waals surface area contributed by atoms with Crippen LogP contribution in [0, 0.1) is 0 Å². The molecule has 0 aromatic heterocycles. The van der Waals surface area contributed by atoms with Gasteiger partial charge in [-0.15, -0.1) is 0 Å². The third-order valence-corrected chi connectivity index (χ3v) is 7.72. The standard InChI is InChI=1S/C34H29F6NO5/c1-22(25-17-27(33(35,36)37)19-28(18-25)34(38,39)40)45-21-32(26-15-9-4-10-16-26)30(42)46-29(24-13-7-3-8-14-24)41(32)31(43)44-20-23-11-5-2-6-12-23/h2-19,22,29-30,42H,20-21H2,1H3/t22-,29+,30?,32-/m1/s1. The van der Waals surface area contributed by atoms with E-state index in [0.29, 0.717) is 28.8 Å². The summed E-state index contributed by atoms with van der Waals surface area (Å²) in [5.74, 6) is 0. The number of aliphatic hydroxyl groups is 1. The summed E-state index contributed by atoms with van der Waals surface area (Å²) >= 11 is 0. The minimum absolute atomic E-state index is 0.0329. The zero-order valence-electron chi connectivity index (χ0n) is 24.3. The summed E-state index contributed by atoms with van der Waals surface area (Å²) in [6.07, 6.45) is -15.3. The second-order valence-electron chi connectivity index (χ2n) is 10.7. The van der Waals surface area contributed by atoms with Gasteiger partial charge in [-0.2, -0.15) is 26.3 Å². The molecule has 0 radical (unpaired) electrons. The Balaban J connectivity index is 1.56. The Hall–Kier alpha value is -4.39. The van der Waals surface area contributed by atoms with Crippen LogP contribution in [0.3, 0.4) is 0 Å². The van der Waals surface area contributed by atoms with Gasteiger partial charge in [0.05, 0.1) is 23.8 Å².